The van der Waals surface area contributed by atoms with Crippen molar-refractivity contribution in [2.24, 2.45) is 0 Å². The molecule has 2 aromatic carbocycles. The van der Waals surface area contributed by atoms with Crippen molar-refractivity contribution in [2.45, 2.75) is 31.7 Å². The van der Waals surface area contributed by atoms with E-state index in [9.17, 15) is 0 Å². The summed E-state index contributed by atoms with van der Waals surface area (Å²) in [5.41, 5.74) is 4.51. The van der Waals surface area contributed by atoms with Crippen LogP contribution in [0.25, 0.3) is 11.1 Å². The van der Waals surface area contributed by atoms with Crippen LogP contribution in [0.15, 0.2) is 60.9 Å². The van der Waals surface area contributed by atoms with Gasteiger partial charge < -0.3 is 19.9 Å². The van der Waals surface area contributed by atoms with Gasteiger partial charge in [-0.3, -0.25) is 0 Å². The van der Waals surface area contributed by atoms with Crippen LogP contribution in [-0.4, -0.2) is 42.3 Å². The van der Waals surface area contributed by atoms with E-state index in [-0.39, 0.29) is 12.3 Å². The number of anilines is 1. The van der Waals surface area contributed by atoms with Crippen LogP contribution in [0.5, 0.6) is 0 Å². The van der Waals surface area contributed by atoms with E-state index in [2.05, 4.69) is 105 Å². The predicted octanol–water partition coefficient (Wildman–Crippen LogP) is 4.74. The fourth-order valence-corrected chi connectivity index (χ4v) is 5.09. The molecule has 0 aliphatic carbocycles. The van der Waals surface area contributed by atoms with Gasteiger partial charge in [-0.25, -0.2) is 0 Å². The van der Waals surface area contributed by atoms with Crippen molar-refractivity contribution < 1.29 is 13.8 Å². The molecular weight excluding hydrogens is 520 g/mol. The first-order chi connectivity index (χ1) is 15.2. The number of nitrogens with one attached hydrogen (secondary N) is 2. The first-order valence-corrected chi connectivity index (χ1v) is 14.4. The topological polar surface area (TPSA) is 45.5 Å². The normalized spacial score (nSPS) is 22.5. The maximum atomic E-state index is 5.71. The molecule has 0 radical (unpaired) electrons. The highest BCUT2D eigenvalue weighted by molar-refractivity contribution is 14.2. The second-order valence-electron chi connectivity index (χ2n) is 7.53. The molecule has 2 aromatic rings. The third kappa shape index (κ3) is 6.08. The first kappa shape index (κ1) is 22.3. The van der Waals surface area contributed by atoms with Gasteiger partial charge in [-0.1, -0.05) is 30.2 Å². The Labute approximate surface area is 198 Å². The van der Waals surface area contributed by atoms with Gasteiger partial charge in [0.25, 0.3) is 6.17 Å². The van der Waals surface area contributed by atoms with Gasteiger partial charge in [-0.15, -0.1) is 0 Å². The third-order valence-electron chi connectivity index (χ3n) is 5.34. The molecule has 31 heavy (non-hydrogen) atoms. The zero-order valence-electron chi connectivity index (χ0n) is 17.3. The van der Waals surface area contributed by atoms with E-state index in [1.165, 1.54) is 11.1 Å². The van der Waals surface area contributed by atoms with Crippen LogP contribution in [-0.2, 0) is 9.26 Å². The smallest absolute Gasteiger partial charge is 0.258 e. The van der Waals surface area contributed by atoms with Gasteiger partial charge in [0.05, 0.1) is 25.3 Å². The van der Waals surface area contributed by atoms with Crippen molar-refractivity contribution in [3.05, 3.63) is 66.5 Å². The Bertz CT molecular complexity index is 990. The summed E-state index contributed by atoms with van der Waals surface area (Å²) in [6.45, 7) is 4.14. The molecule has 4 unspecified atom stereocenters. The van der Waals surface area contributed by atoms with Crippen molar-refractivity contribution >= 4 is 40.4 Å². The maximum absolute atomic E-state index is 5.71. The monoisotopic (exact) mass is 546 g/mol. The van der Waals surface area contributed by atoms with Gasteiger partial charge in [0.15, 0.2) is 6.20 Å². The summed E-state index contributed by atoms with van der Waals surface area (Å²) in [6, 6.07) is 17.4. The zero-order valence-corrected chi connectivity index (χ0v) is 20.5. The molecule has 4 atom stereocenters. The Hall–Kier alpha value is -1.91. The molecule has 0 amide bonds. The van der Waals surface area contributed by atoms with Crippen LogP contribution in [0.4, 0.5) is 5.69 Å². The highest BCUT2D eigenvalue weighted by Gasteiger charge is 2.29. The second-order valence-corrected chi connectivity index (χ2v) is 9.24. The Morgan fingerprint density at radius 1 is 1.23 bits per heavy atom. The van der Waals surface area contributed by atoms with Crippen LogP contribution >= 0.6 is 28.5 Å². The molecule has 7 heteroatoms. The highest BCUT2D eigenvalue weighted by Crippen LogP contribution is 2.26. The van der Waals surface area contributed by atoms with Crippen LogP contribution in [0, 0.1) is 11.8 Å². The van der Waals surface area contributed by atoms with E-state index in [4.69, 9.17) is 9.26 Å². The van der Waals surface area contributed by atoms with Crippen molar-refractivity contribution in [1.82, 2.24) is 5.32 Å². The highest BCUT2D eigenvalue weighted by atomic mass is 127. The Balaban J connectivity index is 1.38. The molecule has 0 saturated carbocycles. The maximum Gasteiger partial charge on any atom is 0.258 e. The predicted molar refractivity (Wildman–Crippen MR) is 137 cm³/mol. The number of rotatable bonds is 6. The number of hydrogen-bond donors (Lipinski definition) is 2. The number of ether oxygens (including phenoxy) is 1. The van der Waals surface area contributed by atoms with Gasteiger partial charge >= 0.3 is 0 Å². The van der Waals surface area contributed by atoms with Crippen LogP contribution in [0.2, 0.25) is 0 Å². The lowest BCUT2D eigenvalue weighted by atomic mass is 10.0. The fourth-order valence-electron chi connectivity index (χ4n) is 3.62. The lowest BCUT2D eigenvalue weighted by Crippen LogP contribution is -2.39. The third-order valence-corrected chi connectivity index (χ3v) is 6.57. The molecule has 160 valence electrons. The number of benzene rings is 2. The largest absolute Gasteiger partial charge is 0.380 e. The summed E-state index contributed by atoms with van der Waals surface area (Å²) in [6.07, 6.45) is 7.03. The van der Waals surface area contributed by atoms with Crippen molar-refractivity contribution in [3.63, 3.8) is 0 Å². The Morgan fingerprint density at radius 2 is 1.97 bits per heavy atom. The SMILES string of the molecule is CC(OPI)C1NC=C/[N+]1=C/C#Cc1ccc(-c2ccc(NC3CCOC3)cc2)cc1. The molecule has 2 N–H and O–H groups in total. The molecule has 1 fully saturated rings. The average Bonchev–Trinajstić information content (AvgIpc) is 3.47. The van der Waals surface area contributed by atoms with E-state index in [0.29, 0.717) is 12.5 Å². The van der Waals surface area contributed by atoms with Crippen molar-refractivity contribution in [3.8, 4) is 23.0 Å². The Kier molecular flexibility index (Phi) is 7.98. The van der Waals surface area contributed by atoms with Gasteiger partial charge in [0.2, 0.25) is 6.21 Å². The summed E-state index contributed by atoms with van der Waals surface area (Å²) in [5.74, 6) is 6.38. The van der Waals surface area contributed by atoms with Gasteiger partial charge in [0.1, 0.15) is 6.10 Å². The summed E-state index contributed by atoms with van der Waals surface area (Å²) >= 11 is 2.24. The molecule has 0 spiro atoms. The van der Waals surface area contributed by atoms with Crippen molar-refractivity contribution in [1.29, 1.82) is 0 Å². The number of hydrogen-bond acceptors (Lipinski definition) is 4. The van der Waals surface area contributed by atoms with E-state index in [0.717, 1.165) is 30.9 Å². The molecule has 2 aliphatic rings. The molecular formula is C24H26IN3O2P+. The average molecular weight is 546 g/mol. The molecule has 2 aliphatic heterocycles. The zero-order chi connectivity index (χ0) is 21.5. The van der Waals surface area contributed by atoms with Gasteiger partial charge in [-0.2, -0.15) is 4.58 Å². The molecule has 0 aromatic heterocycles. The lowest BCUT2D eigenvalue weighted by molar-refractivity contribution is -0.499. The van der Waals surface area contributed by atoms with Crippen LogP contribution in [0.3, 0.4) is 0 Å². The van der Waals surface area contributed by atoms with E-state index in [1.807, 2.05) is 18.6 Å². The minimum absolute atomic E-state index is 0.0793. The molecule has 0 bridgehead atoms. The quantitative estimate of drug-likeness (QED) is 0.238. The molecule has 1 saturated heterocycles. The van der Waals surface area contributed by atoms with E-state index < -0.39 is 0 Å². The molecule has 2 heterocycles. The fraction of sp³-hybridized carbons (Fsp3) is 0.292. The molecule has 5 nitrogen and oxygen atoms in total. The van der Waals surface area contributed by atoms with Gasteiger partial charge in [-0.05, 0) is 76.7 Å². The summed E-state index contributed by atoms with van der Waals surface area (Å²) in [4.78, 5) is 0. The van der Waals surface area contributed by atoms with E-state index in [1.54, 1.807) is 0 Å². The second kappa shape index (κ2) is 11.1. The molecule has 4 rings (SSSR count). The van der Waals surface area contributed by atoms with Crippen molar-refractivity contribution in [2.75, 3.05) is 18.5 Å². The number of nitrogens with zero attached hydrogens (tertiary/aromatic N) is 1. The first-order valence-electron chi connectivity index (χ1n) is 10.3. The number of halogens is 1. The standard InChI is InChI=1S/C24H25IN3O2P/c1-18(30-31-25)24-26-13-15-28(24)14-2-3-19-4-6-20(7-5-19)21-8-10-22(11-9-21)27-23-12-16-29-17-23/h4-11,13-15,18,23-24,26,31H,12,16-17H2,1H3/p+1. The van der Waals surface area contributed by atoms with E-state index >= 15 is 0 Å². The summed E-state index contributed by atoms with van der Waals surface area (Å²) < 4.78 is 13.2. The minimum Gasteiger partial charge on any atom is -0.380 e. The van der Waals surface area contributed by atoms with Crippen LogP contribution in [0.1, 0.15) is 18.9 Å². The Morgan fingerprint density at radius 3 is 2.65 bits per heavy atom. The summed E-state index contributed by atoms with van der Waals surface area (Å²) in [5, 5.41) is 6.83. The van der Waals surface area contributed by atoms with Crippen LogP contribution < -0.4 is 10.6 Å². The van der Waals surface area contributed by atoms with Gasteiger partial charge in [0, 0.05) is 17.9 Å². The lowest BCUT2D eigenvalue weighted by Gasteiger charge is -2.14. The minimum atomic E-state index is 0.0793. The summed E-state index contributed by atoms with van der Waals surface area (Å²) in [7, 11) is 0.